The molecule has 3 aliphatic carbocycles. The quantitative estimate of drug-likeness (QED) is 0.638. The monoisotopic (exact) mass is 450 g/mol. The van der Waals surface area contributed by atoms with Crippen LogP contribution in [-0.2, 0) is 19.1 Å². The SMILES string of the molecule is CCC(=O)O[C@@]1(C(=O)CO)CC[C@H](O)[C@@]2(F)[C@@H](CCC3=CC(=O)C=C[C@@]32C)[C@@H](C)C[C@@H]1C. The molecule has 0 aromatic carbocycles. The zero-order chi connectivity index (χ0) is 23.9. The van der Waals surface area contributed by atoms with Crippen molar-refractivity contribution in [3.63, 3.8) is 0 Å². The van der Waals surface area contributed by atoms with Gasteiger partial charge in [0.05, 0.1) is 6.10 Å². The van der Waals surface area contributed by atoms with E-state index in [1.54, 1.807) is 26.8 Å². The van der Waals surface area contributed by atoms with E-state index >= 15 is 4.39 Å². The third-order valence-electron chi connectivity index (χ3n) is 8.31. The van der Waals surface area contributed by atoms with E-state index in [-0.39, 0.29) is 31.0 Å². The fourth-order valence-corrected chi connectivity index (χ4v) is 6.38. The molecule has 0 spiro atoms. The van der Waals surface area contributed by atoms with Crippen LogP contribution in [0.4, 0.5) is 4.39 Å². The lowest BCUT2D eigenvalue weighted by Crippen LogP contribution is -2.60. The van der Waals surface area contributed by atoms with Gasteiger partial charge in [0.2, 0.25) is 5.78 Å². The number of hydrogen-bond donors (Lipinski definition) is 2. The van der Waals surface area contributed by atoms with Crippen LogP contribution in [0.5, 0.6) is 0 Å². The largest absolute Gasteiger partial charge is 0.451 e. The Labute approximate surface area is 188 Å². The Hall–Kier alpha value is -1.86. The molecular formula is C25H35FO6. The molecule has 3 rings (SSSR count). The van der Waals surface area contributed by atoms with Gasteiger partial charge in [-0.25, -0.2) is 4.39 Å². The lowest BCUT2D eigenvalue weighted by atomic mass is 9.52. The second-order valence-corrected chi connectivity index (χ2v) is 9.99. The predicted octanol–water partition coefficient (Wildman–Crippen LogP) is 3.25. The molecule has 2 fully saturated rings. The van der Waals surface area contributed by atoms with Crippen molar-refractivity contribution in [2.75, 3.05) is 6.61 Å². The van der Waals surface area contributed by atoms with Gasteiger partial charge in [0.15, 0.2) is 17.1 Å². The van der Waals surface area contributed by atoms with Gasteiger partial charge in [-0.15, -0.1) is 0 Å². The molecule has 0 saturated heterocycles. The van der Waals surface area contributed by atoms with Gasteiger partial charge in [-0.3, -0.25) is 14.4 Å². The molecule has 0 aromatic heterocycles. The van der Waals surface area contributed by atoms with E-state index in [0.717, 1.165) is 0 Å². The molecule has 6 nitrogen and oxygen atoms in total. The van der Waals surface area contributed by atoms with Crippen LogP contribution < -0.4 is 0 Å². The summed E-state index contributed by atoms with van der Waals surface area (Å²) in [5.41, 5.74) is -4.13. The Morgan fingerprint density at radius 3 is 2.59 bits per heavy atom. The third-order valence-corrected chi connectivity index (χ3v) is 8.31. The maximum atomic E-state index is 17.2. The molecule has 32 heavy (non-hydrogen) atoms. The highest BCUT2D eigenvalue weighted by Crippen LogP contribution is 2.60. The molecule has 0 unspecified atom stereocenters. The Kier molecular flexibility index (Phi) is 6.83. The normalized spacial score (nSPS) is 42.0. The number of carbonyl (C=O) groups excluding carboxylic acids is 3. The number of halogens is 1. The lowest BCUT2D eigenvalue weighted by molar-refractivity contribution is -0.177. The summed E-state index contributed by atoms with van der Waals surface area (Å²) in [6, 6.07) is 0. The van der Waals surface area contributed by atoms with Gasteiger partial charge in [-0.05, 0) is 63.0 Å². The molecule has 7 heteroatoms. The minimum atomic E-state index is -2.06. The highest BCUT2D eigenvalue weighted by atomic mass is 19.1. The zero-order valence-corrected chi connectivity index (χ0v) is 19.4. The summed E-state index contributed by atoms with van der Waals surface area (Å²) in [4.78, 5) is 37.1. The molecule has 0 heterocycles. The van der Waals surface area contributed by atoms with Crippen molar-refractivity contribution in [1.29, 1.82) is 0 Å². The van der Waals surface area contributed by atoms with Crippen molar-refractivity contribution in [3.8, 4) is 0 Å². The Balaban J connectivity index is 2.09. The predicted molar refractivity (Wildman–Crippen MR) is 116 cm³/mol. The Bertz CT molecular complexity index is 849. The fourth-order valence-electron chi connectivity index (χ4n) is 6.38. The number of alkyl halides is 1. The number of hydrogen-bond acceptors (Lipinski definition) is 6. The molecule has 0 bridgehead atoms. The second kappa shape index (κ2) is 8.82. The molecule has 0 amide bonds. The summed E-state index contributed by atoms with van der Waals surface area (Å²) in [6.45, 7) is 6.24. The molecule has 2 saturated carbocycles. The van der Waals surface area contributed by atoms with Crippen LogP contribution in [0, 0.1) is 23.2 Å². The van der Waals surface area contributed by atoms with Crippen LogP contribution in [0.2, 0.25) is 0 Å². The molecule has 7 atom stereocenters. The molecule has 3 aliphatic rings. The summed E-state index contributed by atoms with van der Waals surface area (Å²) in [6.07, 6.45) is 4.26. The summed E-state index contributed by atoms with van der Waals surface area (Å²) >= 11 is 0. The fraction of sp³-hybridized carbons (Fsp3) is 0.720. The maximum absolute atomic E-state index is 17.2. The van der Waals surface area contributed by atoms with E-state index in [4.69, 9.17) is 4.74 Å². The molecular weight excluding hydrogens is 415 g/mol. The van der Waals surface area contributed by atoms with E-state index in [1.165, 1.54) is 12.2 Å². The first kappa shape index (κ1) is 24.8. The number of ketones is 2. The van der Waals surface area contributed by atoms with Crippen molar-refractivity contribution < 1.29 is 33.7 Å². The summed E-state index contributed by atoms with van der Waals surface area (Å²) in [7, 11) is 0. The number of fused-ring (bicyclic) bond motifs is 3. The number of carbonyl (C=O) groups is 3. The Morgan fingerprint density at radius 1 is 1.28 bits per heavy atom. The van der Waals surface area contributed by atoms with Crippen LogP contribution in [0.15, 0.2) is 23.8 Å². The van der Waals surface area contributed by atoms with Crippen molar-refractivity contribution in [2.45, 2.75) is 83.6 Å². The van der Waals surface area contributed by atoms with Crippen LogP contribution >= 0.6 is 0 Å². The van der Waals surface area contributed by atoms with Gasteiger partial charge in [-0.1, -0.05) is 32.4 Å². The molecule has 0 radical (unpaired) electrons. The smallest absolute Gasteiger partial charge is 0.306 e. The number of rotatable bonds is 4. The molecule has 0 aromatic rings. The van der Waals surface area contributed by atoms with Crippen molar-refractivity contribution in [2.24, 2.45) is 23.2 Å². The molecule has 0 aliphatic heterocycles. The molecule has 2 N–H and O–H groups in total. The summed E-state index contributed by atoms with van der Waals surface area (Å²) < 4.78 is 22.9. The number of allylic oxidation sites excluding steroid dienone is 4. The van der Waals surface area contributed by atoms with Crippen LogP contribution in [0.25, 0.3) is 0 Å². The van der Waals surface area contributed by atoms with Gasteiger partial charge in [0.1, 0.15) is 6.61 Å². The second-order valence-electron chi connectivity index (χ2n) is 9.99. The number of esters is 1. The zero-order valence-electron chi connectivity index (χ0n) is 19.4. The first-order chi connectivity index (χ1) is 15.0. The van der Waals surface area contributed by atoms with Gasteiger partial charge in [-0.2, -0.15) is 0 Å². The van der Waals surface area contributed by atoms with Gasteiger partial charge < -0.3 is 14.9 Å². The number of aliphatic hydroxyl groups is 2. The number of ether oxygens (including phenoxy) is 1. The van der Waals surface area contributed by atoms with Crippen molar-refractivity contribution in [3.05, 3.63) is 23.8 Å². The molecule has 178 valence electrons. The minimum Gasteiger partial charge on any atom is -0.451 e. The average Bonchev–Trinajstić information content (AvgIpc) is 2.78. The van der Waals surface area contributed by atoms with E-state index in [0.29, 0.717) is 24.8 Å². The minimum absolute atomic E-state index is 0.0615. The van der Waals surface area contributed by atoms with E-state index in [2.05, 4.69) is 0 Å². The van der Waals surface area contributed by atoms with Crippen LogP contribution in [0.3, 0.4) is 0 Å². The van der Waals surface area contributed by atoms with Crippen LogP contribution in [-0.4, -0.2) is 51.7 Å². The lowest BCUT2D eigenvalue weighted by Gasteiger charge is -2.55. The highest BCUT2D eigenvalue weighted by molar-refractivity contribution is 6.01. The van der Waals surface area contributed by atoms with E-state index in [1.807, 2.05) is 6.92 Å². The standard InChI is InChI=1S/C25H35FO6/c1-5-22(31)32-24(21(30)14-27)11-9-20(29)25(26)19(15(2)12-16(24)3)7-6-17-13-18(28)8-10-23(17,25)4/h8,10,13,15-16,19-20,27,29H,5-7,9,11-12,14H2,1-4H3/t15-,16-,19-,20-,23-,24-,25-/m0/s1. The summed E-state index contributed by atoms with van der Waals surface area (Å²) in [5, 5.41) is 21.0. The van der Waals surface area contributed by atoms with E-state index < -0.39 is 53.0 Å². The average molecular weight is 451 g/mol. The third kappa shape index (κ3) is 3.67. The van der Waals surface area contributed by atoms with Gasteiger partial charge >= 0.3 is 5.97 Å². The van der Waals surface area contributed by atoms with E-state index in [9.17, 15) is 24.6 Å². The Morgan fingerprint density at radius 2 is 1.97 bits per heavy atom. The van der Waals surface area contributed by atoms with Gasteiger partial charge in [0.25, 0.3) is 0 Å². The van der Waals surface area contributed by atoms with Crippen LogP contribution in [0.1, 0.15) is 66.2 Å². The number of aliphatic hydroxyl groups excluding tert-OH is 2. The van der Waals surface area contributed by atoms with Gasteiger partial charge in [0, 0.05) is 17.8 Å². The van der Waals surface area contributed by atoms with Crippen molar-refractivity contribution in [1.82, 2.24) is 0 Å². The number of Topliss-reactive ketones (excluding diaryl/α,β-unsaturated/α-hetero) is 1. The highest BCUT2D eigenvalue weighted by Gasteiger charge is 2.64. The topological polar surface area (TPSA) is 101 Å². The first-order valence-corrected chi connectivity index (χ1v) is 11.6. The maximum Gasteiger partial charge on any atom is 0.306 e. The first-order valence-electron chi connectivity index (χ1n) is 11.6. The summed E-state index contributed by atoms with van der Waals surface area (Å²) in [5.74, 6) is -2.59. The van der Waals surface area contributed by atoms with Crippen molar-refractivity contribution >= 4 is 17.5 Å².